The smallest absolute Gasteiger partial charge is 0.319 e. The first-order chi connectivity index (χ1) is 12.1. The molecule has 0 unspecified atom stereocenters. The second-order valence-corrected chi connectivity index (χ2v) is 5.77. The molecule has 3 amide bonds. The Hall–Kier alpha value is -2.80. The van der Waals surface area contributed by atoms with Crippen molar-refractivity contribution >= 4 is 17.6 Å². The Morgan fingerprint density at radius 3 is 2.68 bits per heavy atom. The van der Waals surface area contributed by atoms with Crippen LogP contribution in [0.2, 0.25) is 0 Å². The van der Waals surface area contributed by atoms with Crippen LogP contribution in [0.15, 0.2) is 41.0 Å². The number of ether oxygens (including phenoxy) is 1. The molecule has 0 aliphatic carbocycles. The van der Waals surface area contributed by atoms with E-state index in [0.717, 1.165) is 5.56 Å². The van der Waals surface area contributed by atoms with Crippen molar-refractivity contribution in [3.8, 4) is 0 Å². The second-order valence-electron chi connectivity index (χ2n) is 5.77. The summed E-state index contributed by atoms with van der Waals surface area (Å²) in [7, 11) is 0. The van der Waals surface area contributed by atoms with Crippen LogP contribution in [0.4, 0.5) is 10.5 Å². The Kier molecular flexibility index (Phi) is 5.35. The molecule has 132 valence electrons. The molecule has 2 aromatic rings. The normalized spacial score (nSPS) is 14.2. The molecule has 1 aliphatic rings. The average molecular weight is 343 g/mol. The third kappa shape index (κ3) is 4.19. The highest BCUT2D eigenvalue weighted by molar-refractivity contribution is 5.99. The van der Waals surface area contributed by atoms with Gasteiger partial charge >= 0.3 is 6.03 Å². The predicted octanol–water partition coefficient (Wildman–Crippen LogP) is 2.38. The minimum atomic E-state index is -0.351. The van der Waals surface area contributed by atoms with Crippen LogP contribution in [0.5, 0.6) is 0 Å². The maximum atomic E-state index is 12.7. The molecule has 1 aromatic heterocycles. The van der Waals surface area contributed by atoms with Gasteiger partial charge in [0.05, 0.1) is 26.0 Å². The second kappa shape index (κ2) is 7.85. The first kappa shape index (κ1) is 17.0. The summed E-state index contributed by atoms with van der Waals surface area (Å²) in [6, 6.07) is 8.52. The lowest BCUT2D eigenvalue weighted by Gasteiger charge is -2.27. The van der Waals surface area contributed by atoms with E-state index in [1.54, 1.807) is 41.5 Å². The first-order valence-corrected chi connectivity index (χ1v) is 8.19. The van der Waals surface area contributed by atoms with Gasteiger partial charge in [0.15, 0.2) is 0 Å². The number of nitrogens with one attached hydrogen (secondary N) is 2. The highest BCUT2D eigenvalue weighted by Crippen LogP contribution is 2.21. The molecule has 2 heterocycles. The van der Waals surface area contributed by atoms with Gasteiger partial charge in [-0.25, -0.2) is 4.79 Å². The number of hydrogen-bond donors (Lipinski definition) is 2. The van der Waals surface area contributed by atoms with Gasteiger partial charge in [-0.3, -0.25) is 4.79 Å². The molecule has 0 spiro atoms. The molecule has 7 nitrogen and oxygen atoms in total. The molecule has 7 heteroatoms. The molecule has 0 radical (unpaired) electrons. The van der Waals surface area contributed by atoms with Crippen LogP contribution >= 0.6 is 0 Å². The molecular formula is C18H21N3O4. The molecule has 0 atom stereocenters. The SMILES string of the molecule is Cc1c(NC(=O)NCc2ccco2)cccc1C(=O)N1CCOCC1. The van der Waals surface area contributed by atoms with Crippen molar-refractivity contribution in [3.05, 3.63) is 53.5 Å². The summed E-state index contributed by atoms with van der Waals surface area (Å²) in [5.74, 6) is 0.628. The summed E-state index contributed by atoms with van der Waals surface area (Å²) in [6.45, 7) is 4.40. The van der Waals surface area contributed by atoms with Crippen molar-refractivity contribution in [3.63, 3.8) is 0 Å². The van der Waals surface area contributed by atoms with Crippen molar-refractivity contribution in [2.24, 2.45) is 0 Å². The van der Waals surface area contributed by atoms with E-state index in [-0.39, 0.29) is 11.9 Å². The fraction of sp³-hybridized carbons (Fsp3) is 0.333. The summed E-state index contributed by atoms with van der Waals surface area (Å²) < 4.78 is 10.5. The molecule has 1 saturated heterocycles. The number of benzene rings is 1. The molecule has 0 saturated carbocycles. The van der Waals surface area contributed by atoms with E-state index < -0.39 is 0 Å². The molecule has 0 bridgehead atoms. The standard InChI is InChI=1S/C18H21N3O4/c1-13-15(17(22)21-7-10-24-11-8-21)5-2-6-16(13)20-18(23)19-12-14-4-3-9-25-14/h2-6,9H,7-8,10-12H2,1H3,(H2,19,20,23). The zero-order valence-corrected chi connectivity index (χ0v) is 14.1. The number of anilines is 1. The van der Waals surface area contributed by atoms with Gasteiger partial charge in [-0.1, -0.05) is 6.07 Å². The van der Waals surface area contributed by atoms with Gasteiger partial charge in [0.2, 0.25) is 0 Å². The van der Waals surface area contributed by atoms with E-state index in [9.17, 15) is 9.59 Å². The van der Waals surface area contributed by atoms with Crippen LogP contribution in [0.1, 0.15) is 21.7 Å². The zero-order chi connectivity index (χ0) is 17.6. The number of amides is 3. The number of hydrogen-bond acceptors (Lipinski definition) is 4. The molecule has 1 aliphatic heterocycles. The molecule has 25 heavy (non-hydrogen) atoms. The van der Waals surface area contributed by atoms with Gasteiger partial charge in [0.25, 0.3) is 5.91 Å². The third-order valence-electron chi connectivity index (χ3n) is 4.11. The van der Waals surface area contributed by atoms with E-state index in [2.05, 4.69) is 10.6 Å². The van der Waals surface area contributed by atoms with Crippen LogP contribution in [0, 0.1) is 6.92 Å². The number of nitrogens with zero attached hydrogens (tertiary/aromatic N) is 1. The van der Waals surface area contributed by atoms with E-state index in [1.807, 2.05) is 6.92 Å². The Bertz CT molecular complexity index is 737. The van der Waals surface area contributed by atoms with Gasteiger partial charge in [0, 0.05) is 24.3 Å². The lowest BCUT2D eigenvalue weighted by molar-refractivity contribution is 0.0302. The highest BCUT2D eigenvalue weighted by atomic mass is 16.5. The first-order valence-electron chi connectivity index (χ1n) is 8.19. The van der Waals surface area contributed by atoms with Crippen LogP contribution in [-0.4, -0.2) is 43.1 Å². The summed E-state index contributed by atoms with van der Waals surface area (Å²) >= 11 is 0. The number of carbonyl (C=O) groups is 2. The molecule has 3 rings (SSSR count). The van der Waals surface area contributed by atoms with E-state index in [4.69, 9.17) is 9.15 Å². The van der Waals surface area contributed by atoms with Crippen molar-refractivity contribution in [1.82, 2.24) is 10.2 Å². The van der Waals surface area contributed by atoms with Crippen LogP contribution in [0.25, 0.3) is 0 Å². The number of urea groups is 1. The Labute approximate surface area is 145 Å². The minimum absolute atomic E-state index is 0.0413. The Morgan fingerprint density at radius 1 is 1.16 bits per heavy atom. The van der Waals surface area contributed by atoms with E-state index >= 15 is 0 Å². The van der Waals surface area contributed by atoms with Crippen molar-refractivity contribution in [2.75, 3.05) is 31.6 Å². The number of furan rings is 1. The van der Waals surface area contributed by atoms with Crippen molar-refractivity contribution in [2.45, 2.75) is 13.5 Å². The van der Waals surface area contributed by atoms with Crippen LogP contribution in [-0.2, 0) is 11.3 Å². The number of rotatable bonds is 4. The van der Waals surface area contributed by atoms with Gasteiger partial charge in [-0.2, -0.15) is 0 Å². The van der Waals surface area contributed by atoms with Crippen molar-refractivity contribution < 1.29 is 18.7 Å². The molecule has 1 aromatic carbocycles. The summed E-state index contributed by atoms with van der Waals surface area (Å²) in [5, 5.41) is 5.50. The summed E-state index contributed by atoms with van der Waals surface area (Å²) in [6.07, 6.45) is 1.56. The number of carbonyl (C=O) groups excluding carboxylic acids is 2. The lowest BCUT2D eigenvalue weighted by atomic mass is 10.1. The Morgan fingerprint density at radius 2 is 1.96 bits per heavy atom. The zero-order valence-electron chi connectivity index (χ0n) is 14.1. The van der Waals surface area contributed by atoms with Gasteiger partial charge < -0.3 is 24.7 Å². The largest absolute Gasteiger partial charge is 0.467 e. The van der Waals surface area contributed by atoms with E-state index in [0.29, 0.717) is 49.9 Å². The van der Waals surface area contributed by atoms with Crippen LogP contribution < -0.4 is 10.6 Å². The topological polar surface area (TPSA) is 83.8 Å². The molecule has 1 fully saturated rings. The predicted molar refractivity (Wildman–Crippen MR) is 92.5 cm³/mol. The van der Waals surface area contributed by atoms with Crippen LogP contribution in [0.3, 0.4) is 0 Å². The van der Waals surface area contributed by atoms with Gasteiger partial charge in [-0.05, 0) is 36.8 Å². The lowest BCUT2D eigenvalue weighted by Crippen LogP contribution is -2.41. The average Bonchev–Trinajstić information content (AvgIpc) is 3.15. The maximum Gasteiger partial charge on any atom is 0.319 e. The number of morpholine rings is 1. The monoisotopic (exact) mass is 343 g/mol. The fourth-order valence-corrected chi connectivity index (χ4v) is 2.69. The maximum absolute atomic E-state index is 12.7. The van der Waals surface area contributed by atoms with Crippen molar-refractivity contribution in [1.29, 1.82) is 0 Å². The summed E-state index contributed by atoms with van der Waals surface area (Å²) in [5.41, 5.74) is 1.94. The quantitative estimate of drug-likeness (QED) is 0.893. The highest BCUT2D eigenvalue weighted by Gasteiger charge is 2.21. The Balaban J connectivity index is 1.65. The minimum Gasteiger partial charge on any atom is -0.467 e. The fourth-order valence-electron chi connectivity index (χ4n) is 2.69. The molecule has 2 N–H and O–H groups in total. The third-order valence-corrected chi connectivity index (χ3v) is 4.11. The van der Waals surface area contributed by atoms with Gasteiger partial charge in [0.1, 0.15) is 5.76 Å². The summed E-state index contributed by atoms with van der Waals surface area (Å²) in [4.78, 5) is 26.5. The molecular weight excluding hydrogens is 322 g/mol. The van der Waals surface area contributed by atoms with Gasteiger partial charge in [-0.15, -0.1) is 0 Å². The van der Waals surface area contributed by atoms with E-state index in [1.165, 1.54) is 0 Å².